The van der Waals surface area contributed by atoms with E-state index < -0.39 is 0 Å². The van der Waals surface area contributed by atoms with Gasteiger partial charge < -0.3 is 15.2 Å². The van der Waals surface area contributed by atoms with E-state index in [1.54, 1.807) is 18.4 Å². The third-order valence-corrected chi connectivity index (χ3v) is 4.09. The molecule has 0 radical (unpaired) electrons. The van der Waals surface area contributed by atoms with Gasteiger partial charge in [0.1, 0.15) is 0 Å². The lowest BCUT2D eigenvalue weighted by Crippen LogP contribution is -2.42. The van der Waals surface area contributed by atoms with Crippen LogP contribution in [0.1, 0.15) is 30.0 Å². The number of aromatic nitrogens is 1. The van der Waals surface area contributed by atoms with Crippen LogP contribution in [-0.2, 0) is 21.4 Å². The van der Waals surface area contributed by atoms with Gasteiger partial charge in [-0.05, 0) is 19.3 Å². The molecule has 0 atom stereocenters. The highest BCUT2D eigenvalue weighted by Crippen LogP contribution is 2.30. The maximum atomic E-state index is 6.39. The van der Waals surface area contributed by atoms with E-state index in [0.29, 0.717) is 0 Å². The molecule has 0 aromatic carbocycles. The van der Waals surface area contributed by atoms with Crippen LogP contribution in [0.2, 0.25) is 0 Å². The molecule has 1 aliphatic heterocycles. The SMILES string of the molecule is COCCCc1nc(C2(N)CCOCC2)cs1. The largest absolute Gasteiger partial charge is 0.385 e. The number of aryl methyl sites for hydroxylation is 1. The van der Waals surface area contributed by atoms with Gasteiger partial charge in [0, 0.05) is 38.7 Å². The molecule has 0 bridgehead atoms. The summed E-state index contributed by atoms with van der Waals surface area (Å²) in [5.41, 5.74) is 7.16. The summed E-state index contributed by atoms with van der Waals surface area (Å²) in [6.45, 7) is 2.27. The van der Waals surface area contributed by atoms with Crippen LogP contribution in [0, 0.1) is 0 Å². The second-order valence-electron chi connectivity index (χ2n) is 4.49. The van der Waals surface area contributed by atoms with Crippen molar-refractivity contribution < 1.29 is 9.47 Å². The molecule has 1 aromatic rings. The Labute approximate surface area is 106 Å². The van der Waals surface area contributed by atoms with Crippen LogP contribution in [0.3, 0.4) is 0 Å². The summed E-state index contributed by atoms with van der Waals surface area (Å²) in [6, 6.07) is 0. The topological polar surface area (TPSA) is 57.4 Å². The Kier molecular flexibility index (Phi) is 4.50. The Morgan fingerprint density at radius 2 is 2.29 bits per heavy atom. The van der Waals surface area contributed by atoms with Crippen molar-refractivity contribution in [1.82, 2.24) is 4.98 Å². The zero-order valence-electron chi connectivity index (χ0n) is 10.3. The van der Waals surface area contributed by atoms with E-state index in [0.717, 1.165) is 56.2 Å². The predicted molar refractivity (Wildman–Crippen MR) is 68.2 cm³/mol. The Morgan fingerprint density at radius 1 is 1.53 bits per heavy atom. The molecular formula is C12H20N2O2S. The van der Waals surface area contributed by atoms with Crippen LogP contribution in [0.15, 0.2) is 5.38 Å². The Bertz CT molecular complexity index is 348. The first kappa shape index (κ1) is 13.0. The number of rotatable bonds is 5. The lowest BCUT2D eigenvalue weighted by atomic mass is 9.88. The van der Waals surface area contributed by atoms with Gasteiger partial charge in [0.2, 0.25) is 0 Å². The van der Waals surface area contributed by atoms with E-state index in [4.69, 9.17) is 15.2 Å². The van der Waals surface area contributed by atoms with Gasteiger partial charge in [0.15, 0.2) is 0 Å². The van der Waals surface area contributed by atoms with E-state index in [-0.39, 0.29) is 5.54 Å². The van der Waals surface area contributed by atoms with Gasteiger partial charge in [-0.25, -0.2) is 4.98 Å². The van der Waals surface area contributed by atoms with Crippen molar-refractivity contribution in [3.8, 4) is 0 Å². The normalized spacial score (nSPS) is 19.4. The molecule has 17 heavy (non-hydrogen) atoms. The van der Waals surface area contributed by atoms with E-state index in [2.05, 4.69) is 10.4 Å². The Balaban J connectivity index is 1.96. The molecular weight excluding hydrogens is 236 g/mol. The monoisotopic (exact) mass is 256 g/mol. The van der Waals surface area contributed by atoms with Crippen molar-refractivity contribution in [2.45, 2.75) is 31.2 Å². The fraction of sp³-hybridized carbons (Fsp3) is 0.750. The van der Waals surface area contributed by atoms with Crippen LogP contribution >= 0.6 is 11.3 Å². The molecule has 0 aliphatic carbocycles. The minimum atomic E-state index is -0.270. The average Bonchev–Trinajstić information content (AvgIpc) is 2.80. The van der Waals surface area contributed by atoms with Crippen molar-refractivity contribution in [2.24, 2.45) is 5.73 Å². The quantitative estimate of drug-likeness (QED) is 0.814. The minimum absolute atomic E-state index is 0.270. The Hall–Kier alpha value is -0.490. The molecule has 0 spiro atoms. The molecule has 0 unspecified atom stereocenters. The number of methoxy groups -OCH3 is 1. The first-order chi connectivity index (χ1) is 8.24. The summed E-state index contributed by atoms with van der Waals surface area (Å²) in [6.07, 6.45) is 3.73. The van der Waals surface area contributed by atoms with Crippen molar-refractivity contribution in [3.05, 3.63) is 16.1 Å². The zero-order valence-corrected chi connectivity index (χ0v) is 11.1. The molecule has 1 aliphatic rings. The molecule has 1 saturated heterocycles. The molecule has 0 saturated carbocycles. The highest BCUT2D eigenvalue weighted by Gasteiger charge is 2.32. The molecule has 2 heterocycles. The maximum Gasteiger partial charge on any atom is 0.0929 e. The molecule has 2 rings (SSSR count). The summed E-state index contributed by atoms with van der Waals surface area (Å²) in [4.78, 5) is 4.66. The van der Waals surface area contributed by atoms with E-state index >= 15 is 0 Å². The number of ether oxygens (including phenoxy) is 2. The molecule has 5 heteroatoms. The highest BCUT2D eigenvalue weighted by molar-refractivity contribution is 7.09. The molecule has 2 N–H and O–H groups in total. The van der Waals surface area contributed by atoms with Gasteiger partial charge >= 0.3 is 0 Å². The summed E-state index contributed by atoms with van der Waals surface area (Å²) in [5.74, 6) is 0. The van der Waals surface area contributed by atoms with Gasteiger partial charge in [0.25, 0.3) is 0 Å². The third kappa shape index (κ3) is 3.25. The van der Waals surface area contributed by atoms with Crippen LogP contribution in [0.25, 0.3) is 0 Å². The minimum Gasteiger partial charge on any atom is -0.385 e. The maximum absolute atomic E-state index is 6.39. The average molecular weight is 256 g/mol. The molecule has 1 aromatic heterocycles. The third-order valence-electron chi connectivity index (χ3n) is 3.19. The zero-order chi connectivity index (χ0) is 12.1. The smallest absolute Gasteiger partial charge is 0.0929 e. The summed E-state index contributed by atoms with van der Waals surface area (Å²) < 4.78 is 10.4. The molecule has 4 nitrogen and oxygen atoms in total. The van der Waals surface area contributed by atoms with Crippen molar-refractivity contribution in [2.75, 3.05) is 26.9 Å². The lowest BCUT2D eigenvalue weighted by molar-refractivity contribution is 0.0509. The van der Waals surface area contributed by atoms with E-state index in [1.165, 1.54) is 0 Å². The summed E-state index contributed by atoms with van der Waals surface area (Å²) in [5, 5.41) is 3.27. The van der Waals surface area contributed by atoms with Crippen LogP contribution in [-0.4, -0.2) is 31.9 Å². The molecule has 96 valence electrons. The number of thiazole rings is 1. The molecule has 0 amide bonds. The van der Waals surface area contributed by atoms with Crippen molar-refractivity contribution in [1.29, 1.82) is 0 Å². The van der Waals surface area contributed by atoms with Gasteiger partial charge in [-0.2, -0.15) is 0 Å². The second kappa shape index (κ2) is 5.91. The first-order valence-electron chi connectivity index (χ1n) is 6.05. The number of nitrogens with two attached hydrogens (primary N) is 1. The van der Waals surface area contributed by atoms with Crippen LogP contribution < -0.4 is 5.73 Å². The second-order valence-corrected chi connectivity index (χ2v) is 5.43. The fourth-order valence-corrected chi connectivity index (χ4v) is 2.96. The van der Waals surface area contributed by atoms with Gasteiger partial charge in [-0.15, -0.1) is 11.3 Å². The van der Waals surface area contributed by atoms with E-state index in [1.807, 2.05) is 0 Å². The highest BCUT2D eigenvalue weighted by atomic mass is 32.1. The Morgan fingerprint density at radius 3 is 3.00 bits per heavy atom. The van der Waals surface area contributed by atoms with E-state index in [9.17, 15) is 0 Å². The molecule has 1 fully saturated rings. The predicted octanol–water partition coefficient (Wildman–Crippen LogP) is 1.69. The standard InChI is InChI=1S/C12H20N2O2S/c1-15-6-2-3-11-14-10(9-17-11)12(13)4-7-16-8-5-12/h9H,2-8,13H2,1H3. The van der Waals surface area contributed by atoms with Crippen LogP contribution in [0.5, 0.6) is 0 Å². The number of nitrogens with zero attached hydrogens (tertiary/aromatic N) is 1. The first-order valence-corrected chi connectivity index (χ1v) is 6.93. The number of hydrogen-bond donors (Lipinski definition) is 1. The van der Waals surface area contributed by atoms with Crippen molar-refractivity contribution in [3.63, 3.8) is 0 Å². The van der Waals surface area contributed by atoms with Gasteiger partial charge in [0.05, 0.1) is 16.2 Å². The van der Waals surface area contributed by atoms with Gasteiger partial charge in [-0.3, -0.25) is 0 Å². The van der Waals surface area contributed by atoms with Gasteiger partial charge in [-0.1, -0.05) is 0 Å². The van der Waals surface area contributed by atoms with Crippen molar-refractivity contribution >= 4 is 11.3 Å². The summed E-state index contributed by atoms with van der Waals surface area (Å²) >= 11 is 1.70. The number of hydrogen-bond acceptors (Lipinski definition) is 5. The van der Waals surface area contributed by atoms with Crippen LogP contribution in [0.4, 0.5) is 0 Å². The summed E-state index contributed by atoms with van der Waals surface area (Å²) in [7, 11) is 1.73. The lowest BCUT2D eigenvalue weighted by Gasteiger charge is -2.31. The fourth-order valence-electron chi connectivity index (χ4n) is 2.01.